The standard InChI is InChI=1S/C23H27ClN4O3S/c1-32(30,31)18-7-5-15(6-8-18)22-19-10-16-13-28(12-14-3-2-4-17(24)9-14)23(29)25-20(16)11-21(19)26-27-22/h2-9,16,19-22,26-27H,10-13H2,1H3,(H,25,29). The first-order valence-corrected chi connectivity index (χ1v) is 13.2. The molecule has 5 unspecified atom stereocenters. The Hall–Kier alpha value is -2.13. The van der Waals surface area contributed by atoms with Crippen molar-refractivity contribution in [2.75, 3.05) is 12.8 Å². The van der Waals surface area contributed by atoms with Crippen LogP contribution < -0.4 is 16.2 Å². The van der Waals surface area contributed by atoms with Gasteiger partial charge >= 0.3 is 6.03 Å². The van der Waals surface area contributed by atoms with E-state index in [-0.39, 0.29) is 24.2 Å². The molecule has 0 radical (unpaired) electrons. The molecule has 3 aliphatic rings. The van der Waals surface area contributed by atoms with Crippen LogP contribution >= 0.6 is 11.6 Å². The van der Waals surface area contributed by atoms with Gasteiger partial charge in [0.1, 0.15) is 0 Å². The number of hydrazine groups is 1. The van der Waals surface area contributed by atoms with Gasteiger partial charge in [0.2, 0.25) is 0 Å². The molecular weight excluding hydrogens is 448 g/mol. The lowest BCUT2D eigenvalue weighted by molar-refractivity contribution is 0.0962. The highest BCUT2D eigenvalue weighted by atomic mass is 35.5. The number of benzene rings is 2. The predicted octanol–water partition coefficient (Wildman–Crippen LogP) is 2.88. The second-order valence-electron chi connectivity index (χ2n) is 9.18. The van der Waals surface area contributed by atoms with Gasteiger partial charge in [0.05, 0.1) is 10.9 Å². The van der Waals surface area contributed by atoms with Crippen LogP contribution in [0.25, 0.3) is 0 Å². The van der Waals surface area contributed by atoms with E-state index in [0.717, 1.165) is 24.0 Å². The number of carbonyl (C=O) groups excluding carboxylic acids is 1. The number of urea groups is 1. The molecule has 2 saturated heterocycles. The van der Waals surface area contributed by atoms with Crippen molar-refractivity contribution in [3.05, 3.63) is 64.7 Å². The van der Waals surface area contributed by atoms with E-state index >= 15 is 0 Å². The van der Waals surface area contributed by atoms with E-state index in [9.17, 15) is 13.2 Å². The van der Waals surface area contributed by atoms with Gasteiger partial charge in [-0.2, -0.15) is 0 Å². The van der Waals surface area contributed by atoms with Gasteiger partial charge in [-0.05, 0) is 60.1 Å². The molecule has 5 atom stereocenters. The monoisotopic (exact) mass is 474 g/mol. The third kappa shape index (κ3) is 4.24. The summed E-state index contributed by atoms with van der Waals surface area (Å²) in [7, 11) is -3.21. The summed E-state index contributed by atoms with van der Waals surface area (Å²) in [6.07, 6.45) is 3.07. The number of sulfone groups is 1. The van der Waals surface area contributed by atoms with E-state index in [1.807, 2.05) is 41.3 Å². The van der Waals surface area contributed by atoms with Crippen LogP contribution in [0.1, 0.15) is 30.0 Å². The molecule has 170 valence electrons. The first-order valence-electron chi connectivity index (χ1n) is 10.9. The summed E-state index contributed by atoms with van der Waals surface area (Å²) >= 11 is 6.11. The molecule has 2 aromatic carbocycles. The minimum Gasteiger partial charge on any atom is -0.335 e. The molecular formula is C23H27ClN4O3S. The van der Waals surface area contributed by atoms with Gasteiger partial charge in [0, 0.05) is 36.5 Å². The van der Waals surface area contributed by atoms with Crippen LogP contribution in [0.4, 0.5) is 4.79 Å². The summed E-state index contributed by atoms with van der Waals surface area (Å²) in [5, 5.41) is 3.89. The maximum atomic E-state index is 12.7. The van der Waals surface area contributed by atoms with E-state index in [1.54, 1.807) is 12.1 Å². The van der Waals surface area contributed by atoms with Gasteiger partial charge in [-0.25, -0.2) is 18.6 Å². The molecule has 3 N–H and O–H groups in total. The minimum atomic E-state index is -3.21. The van der Waals surface area contributed by atoms with Gasteiger partial charge in [-0.3, -0.25) is 5.43 Å². The number of nitrogens with zero attached hydrogens (tertiary/aromatic N) is 1. The van der Waals surface area contributed by atoms with Crippen LogP contribution in [-0.4, -0.2) is 44.2 Å². The summed E-state index contributed by atoms with van der Waals surface area (Å²) < 4.78 is 23.6. The maximum Gasteiger partial charge on any atom is 0.317 e. The largest absolute Gasteiger partial charge is 0.335 e. The molecule has 5 rings (SSSR count). The topological polar surface area (TPSA) is 90.5 Å². The molecule has 2 aromatic rings. The number of amides is 2. The van der Waals surface area contributed by atoms with E-state index in [0.29, 0.717) is 34.8 Å². The molecule has 0 spiro atoms. The normalized spacial score (nSPS) is 29.9. The molecule has 0 aromatic heterocycles. The van der Waals surface area contributed by atoms with Crippen molar-refractivity contribution < 1.29 is 13.2 Å². The lowest BCUT2D eigenvalue weighted by atomic mass is 9.71. The fourth-order valence-electron chi connectivity index (χ4n) is 5.40. The molecule has 7 nitrogen and oxygen atoms in total. The molecule has 2 heterocycles. The average molecular weight is 475 g/mol. The molecule has 1 saturated carbocycles. The summed E-state index contributed by atoms with van der Waals surface area (Å²) in [6, 6.07) is 15.3. The predicted molar refractivity (Wildman–Crippen MR) is 123 cm³/mol. The fourth-order valence-corrected chi connectivity index (χ4v) is 6.24. The number of hydrogen-bond donors (Lipinski definition) is 3. The minimum absolute atomic E-state index is 0.0245. The van der Waals surface area contributed by atoms with E-state index in [1.165, 1.54) is 6.26 Å². The highest BCUT2D eigenvalue weighted by Gasteiger charge is 2.47. The fraction of sp³-hybridized carbons (Fsp3) is 0.435. The van der Waals surface area contributed by atoms with Crippen LogP contribution in [0.5, 0.6) is 0 Å². The smallest absolute Gasteiger partial charge is 0.317 e. The van der Waals surface area contributed by atoms with Gasteiger partial charge < -0.3 is 10.2 Å². The SMILES string of the molecule is CS(=O)(=O)c1ccc(C2NNC3CC4NC(=O)N(Cc5cccc(Cl)c5)CC4CC32)cc1. The van der Waals surface area contributed by atoms with E-state index < -0.39 is 9.84 Å². The lowest BCUT2D eigenvalue weighted by Gasteiger charge is -2.45. The van der Waals surface area contributed by atoms with Gasteiger partial charge in [-0.1, -0.05) is 35.9 Å². The summed E-state index contributed by atoms with van der Waals surface area (Å²) in [6.45, 7) is 1.25. The number of nitrogens with one attached hydrogen (secondary N) is 3. The Morgan fingerprint density at radius 3 is 2.56 bits per heavy atom. The van der Waals surface area contributed by atoms with Crippen molar-refractivity contribution in [1.29, 1.82) is 0 Å². The molecule has 2 aliphatic heterocycles. The third-order valence-electron chi connectivity index (χ3n) is 7.00. The highest BCUT2D eigenvalue weighted by Crippen LogP contribution is 2.42. The van der Waals surface area contributed by atoms with Crippen molar-refractivity contribution in [3.63, 3.8) is 0 Å². The Bertz CT molecular complexity index is 1120. The Morgan fingerprint density at radius 2 is 1.84 bits per heavy atom. The third-order valence-corrected chi connectivity index (χ3v) is 8.37. The van der Waals surface area contributed by atoms with Crippen molar-refractivity contribution >= 4 is 27.5 Å². The van der Waals surface area contributed by atoms with Crippen molar-refractivity contribution in [2.45, 2.75) is 42.4 Å². The van der Waals surface area contributed by atoms with Crippen molar-refractivity contribution in [1.82, 2.24) is 21.1 Å². The van der Waals surface area contributed by atoms with Crippen LogP contribution in [0.15, 0.2) is 53.4 Å². The number of fused-ring (bicyclic) bond motifs is 2. The molecule has 3 fully saturated rings. The van der Waals surface area contributed by atoms with Crippen molar-refractivity contribution in [2.24, 2.45) is 11.8 Å². The zero-order valence-electron chi connectivity index (χ0n) is 17.8. The quantitative estimate of drug-likeness (QED) is 0.634. The van der Waals surface area contributed by atoms with E-state index in [2.05, 4.69) is 16.2 Å². The number of rotatable bonds is 4. The zero-order valence-corrected chi connectivity index (χ0v) is 19.4. The first kappa shape index (κ1) is 21.7. The number of hydrogen-bond acceptors (Lipinski definition) is 5. The zero-order chi connectivity index (χ0) is 22.5. The summed E-state index contributed by atoms with van der Waals surface area (Å²) in [5.74, 6) is 0.719. The van der Waals surface area contributed by atoms with E-state index in [4.69, 9.17) is 11.6 Å². The lowest BCUT2D eigenvalue weighted by Crippen LogP contribution is -2.60. The van der Waals surface area contributed by atoms with Crippen molar-refractivity contribution in [3.8, 4) is 0 Å². The molecule has 0 bridgehead atoms. The van der Waals surface area contributed by atoms with Crippen LogP contribution in [0.3, 0.4) is 0 Å². The second-order valence-corrected chi connectivity index (χ2v) is 11.6. The van der Waals surface area contributed by atoms with Crippen LogP contribution in [-0.2, 0) is 16.4 Å². The molecule has 9 heteroatoms. The Labute approximate surface area is 193 Å². The van der Waals surface area contributed by atoms with Crippen LogP contribution in [0, 0.1) is 11.8 Å². The molecule has 1 aliphatic carbocycles. The molecule has 32 heavy (non-hydrogen) atoms. The maximum absolute atomic E-state index is 12.7. The summed E-state index contributed by atoms with van der Waals surface area (Å²) in [4.78, 5) is 14.9. The Balaban J connectivity index is 1.30. The number of halogens is 1. The van der Waals surface area contributed by atoms with Crippen LogP contribution in [0.2, 0.25) is 5.02 Å². The highest BCUT2D eigenvalue weighted by molar-refractivity contribution is 7.90. The Morgan fingerprint density at radius 1 is 1.06 bits per heavy atom. The number of carbonyl (C=O) groups is 1. The summed E-state index contributed by atoms with van der Waals surface area (Å²) in [5.41, 5.74) is 8.92. The average Bonchev–Trinajstić information content (AvgIpc) is 3.15. The first-order chi connectivity index (χ1) is 15.3. The van der Waals surface area contributed by atoms with Gasteiger partial charge in [0.25, 0.3) is 0 Å². The van der Waals surface area contributed by atoms with Gasteiger partial charge in [0.15, 0.2) is 9.84 Å². The van der Waals surface area contributed by atoms with Gasteiger partial charge in [-0.15, -0.1) is 0 Å². The molecule has 2 amide bonds. The second kappa shape index (κ2) is 8.33. The Kier molecular flexibility index (Phi) is 5.65.